The Balaban J connectivity index is 2.59. The standard InChI is InChI=1S/C13H22N2O2/c1-4-6-12(16)11-7-8-15(9-11)10-13(17)14(3)5-2/h7-9,12,16H,4-6,10H2,1-3H3. The summed E-state index contributed by atoms with van der Waals surface area (Å²) in [5, 5.41) is 9.81. The molecule has 0 fully saturated rings. The number of rotatable bonds is 6. The fourth-order valence-corrected chi connectivity index (χ4v) is 1.65. The third-order valence-corrected chi connectivity index (χ3v) is 2.94. The van der Waals surface area contributed by atoms with Crippen LogP contribution >= 0.6 is 0 Å². The second-order valence-corrected chi connectivity index (χ2v) is 4.33. The van der Waals surface area contributed by atoms with Gasteiger partial charge in [0.05, 0.1) is 6.10 Å². The Morgan fingerprint density at radius 3 is 2.82 bits per heavy atom. The molecule has 1 heterocycles. The van der Waals surface area contributed by atoms with Crippen molar-refractivity contribution in [2.24, 2.45) is 0 Å². The molecule has 0 saturated carbocycles. The van der Waals surface area contributed by atoms with E-state index in [4.69, 9.17) is 0 Å². The van der Waals surface area contributed by atoms with Crippen LogP contribution in [0.3, 0.4) is 0 Å². The Kier molecular flexibility index (Phi) is 5.22. The van der Waals surface area contributed by atoms with Crippen molar-refractivity contribution in [3.63, 3.8) is 0 Å². The molecule has 1 atom stereocenters. The maximum atomic E-state index is 11.7. The summed E-state index contributed by atoms with van der Waals surface area (Å²) in [6.45, 7) is 5.04. The quantitative estimate of drug-likeness (QED) is 0.821. The summed E-state index contributed by atoms with van der Waals surface area (Å²) >= 11 is 0. The van der Waals surface area contributed by atoms with Gasteiger partial charge in [-0.25, -0.2) is 0 Å². The molecule has 1 unspecified atom stereocenters. The lowest BCUT2D eigenvalue weighted by Crippen LogP contribution is -2.29. The summed E-state index contributed by atoms with van der Waals surface area (Å²) in [7, 11) is 1.79. The van der Waals surface area contributed by atoms with Gasteiger partial charge in [-0.1, -0.05) is 13.3 Å². The van der Waals surface area contributed by atoms with Gasteiger partial charge >= 0.3 is 0 Å². The van der Waals surface area contributed by atoms with E-state index in [1.165, 1.54) is 0 Å². The lowest BCUT2D eigenvalue weighted by molar-refractivity contribution is -0.130. The molecule has 1 N–H and O–H groups in total. The molecule has 0 spiro atoms. The highest BCUT2D eigenvalue weighted by atomic mass is 16.3. The van der Waals surface area contributed by atoms with Crippen LogP contribution in [0.5, 0.6) is 0 Å². The maximum Gasteiger partial charge on any atom is 0.242 e. The van der Waals surface area contributed by atoms with Gasteiger partial charge in [-0.3, -0.25) is 4.79 Å². The van der Waals surface area contributed by atoms with E-state index >= 15 is 0 Å². The first-order valence-corrected chi connectivity index (χ1v) is 6.16. The van der Waals surface area contributed by atoms with Gasteiger partial charge < -0.3 is 14.6 Å². The average Bonchev–Trinajstić information content (AvgIpc) is 2.76. The van der Waals surface area contributed by atoms with Crippen molar-refractivity contribution in [3.8, 4) is 0 Å². The Hall–Kier alpha value is -1.29. The number of aromatic nitrogens is 1. The average molecular weight is 238 g/mol. The minimum atomic E-state index is -0.416. The molecule has 1 aromatic rings. The van der Waals surface area contributed by atoms with Crippen LogP contribution in [-0.4, -0.2) is 34.1 Å². The zero-order chi connectivity index (χ0) is 12.8. The highest BCUT2D eigenvalue weighted by Crippen LogP contribution is 2.18. The largest absolute Gasteiger partial charge is 0.388 e. The van der Waals surface area contributed by atoms with Crippen molar-refractivity contribution in [3.05, 3.63) is 24.0 Å². The van der Waals surface area contributed by atoms with Gasteiger partial charge in [-0.15, -0.1) is 0 Å². The molecule has 1 aromatic heterocycles. The molecule has 4 heteroatoms. The zero-order valence-electron chi connectivity index (χ0n) is 10.9. The Bertz CT molecular complexity index is 360. The van der Waals surface area contributed by atoms with Crippen molar-refractivity contribution in [2.45, 2.75) is 39.3 Å². The van der Waals surface area contributed by atoms with E-state index in [1.807, 2.05) is 36.9 Å². The zero-order valence-corrected chi connectivity index (χ0v) is 10.9. The molecular weight excluding hydrogens is 216 g/mol. The number of hydrogen-bond donors (Lipinski definition) is 1. The van der Waals surface area contributed by atoms with Crippen LogP contribution in [0.2, 0.25) is 0 Å². The van der Waals surface area contributed by atoms with E-state index in [9.17, 15) is 9.90 Å². The first kappa shape index (κ1) is 13.8. The number of aliphatic hydroxyl groups excluding tert-OH is 1. The van der Waals surface area contributed by atoms with Crippen LogP contribution in [0.15, 0.2) is 18.5 Å². The third kappa shape index (κ3) is 3.89. The number of amides is 1. The molecule has 0 aromatic carbocycles. The number of carbonyl (C=O) groups excluding carboxylic acids is 1. The SMILES string of the molecule is CCCC(O)c1ccn(CC(=O)N(C)CC)c1. The molecule has 0 bridgehead atoms. The molecule has 0 saturated heterocycles. The summed E-state index contributed by atoms with van der Waals surface area (Å²) in [5.41, 5.74) is 0.888. The van der Waals surface area contributed by atoms with Crippen LogP contribution in [0, 0.1) is 0 Å². The lowest BCUT2D eigenvalue weighted by atomic mass is 10.1. The second kappa shape index (κ2) is 6.45. The van der Waals surface area contributed by atoms with E-state index in [0.29, 0.717) is 13.1 Å². The minimum absolute atomic E-state index is 0.0830. The summed E-state index contributed by atoms with van der Waals surface area (Å²) < 4.78 is 1.82. The highest BCUT2D eigenvalue weighted by molar-refractivity contribution is 5.75. The fraction of sp³-hybridized carbons (Fsp3) is 0.615. The van der Waals surface area contributed by atoms with E-state index in [-0.39, 0.29) is 5.91 Å². The predicted molar refractivity (Wildman–Crippen MR) is 67.6 cm³/mol. The van der Waals surface area contributed by atoms with Gasteiger partial charge in [0, 0.05) is 26.0 Å². The third-order valence-electron chi connectivity index (χ3n) is 2.94. The smallest absolute Gasteiger partial charge is 0.242 e. The molecule has 17 heavy (non-hydrogen) atoms. The van der Waals surface area contributed by atoms with E-state index in [0.717, 1.165) is 18.4 Å². The van der Waals surface area contributed by atoms with E-state index < -0.39 is 6.10 Å². The summed E-state index contributed by atoms with van der Waals surface area (Å²) in [5.74, 6) is 0.0830. The Labute approximate surface area is 103 Å². The second-order valence-electron chi connectivity index (χ2n) is 4.33. The molecule has 0 aliphatic rings. The topological polar surface area (TPSA) is 45.5 Å². The van der Waals surface area contributed by atoms with Gasteiger partial charge in [-0.05, 0) is 25.0 Å². The summed E-state index contributed by atoms with van der Waals surface area (Å²) in [6.07, 6.45) is 4.98. The molecule has 4 nitrogen and oxygen atoms in total. The molecule has 0 aliphatic carbocycles. The minimum Gasteiger partial charge on any atom is -0.388 e. The van der Waals surface area contributed by atoms with Gasteiger partial charge in [0.2, 0.25) is 5.91 Å². The monoisotopic (exact) mass is 238 g/mol. The Morgan fingerprint density at radius 2 is 2.24 bits per heavy atom. The predicted octanol–water partition coefficient (Wildman–Crippen LogP) is 1.80. The van der Waals surface area contributed by atoms with Gasteiger partial charge in [-0.2, -0.15) is 0 Å². The van der Waals surface area contributed by atoms with Crippen LogP contribution in [0.4, 0.5) is 0 Å². The van der Waals surface area contributed by atoms with Crippen molar-refractivity contribution in [1.29, 1.82) is 0 Å². The molecule has 1 rings (SSSR count). The number of aliphatic hydroxyl groups is 1. The lowest BCUT2D eigenvalue weighted by Gasteiger charge is -2.14. The van der Waals surface area contributed by atoms with Crippen LogP contribution in [0.1, 0.15) is 38.4 Å². The number of nitrogens with zero attached hydrogens (tertiary/aromatic N) is 2. The molecule has 96 valence electrons. The van der Waals surface area contributed by atoms with Crippen molar-refractivity contribution >= 4 is 5.91 Å². The fourth-order valence-electron chi connectivity index (χ4n) is 1.65. The summed E-state index contributed by atoms with van der Waals surface area (Å²) in [4.78, 5) is 13.4. The van der Waals surface area contributed by atoms with Crippen LogP contribution in [-0.2, 0) is 11.3 Å². The van der Waals surface area contributed by atoms with Crippen LogP contribution in [0.25, 0.3) is 0 Å². The summed E-state index contributed by atoms with van der Waals surface area (Å²) in [6, 6.07) is 1.87. The number of carbonyl (C=O) groups is 1. The van der Waals surface area contributed by atoms with E-state index in [1.54, 1.807) is 11.9 Å². The molecular formula is C13H22N2O2. The van der Waals surface area contributed by atoms with Crippen molar-refractivity contribution < 1.29 is 9.90 Å². The first-order chi connectivity index (χ1) is 8.08. The maximum absolute atomic E-state index is 11.7. The van der Waals surface area contributed by atoms with Gasteiger partial charge in [0.25, 0.3) is 0 Å². The number of likely N-dealkylation sites (N-methyl/N-ethyl adjacent to an activating group) is 1. The molecule has 0 aliphatic heterocycles. The van der Waals surface area contributed by atoms with Gasteiger partial charge in [0.15, 0.2) is 0 Å². The number of hydrogen-bond acceptors (Lipinski definition) is 2. The first-order valence-electron chi connectivity index (χ1n) is 6.16. The van der Waals surface area contributed by atoms with E-state index in [2.05, 4.69) is 0 Å². The van der Waals surface area contributed by atoms with Crippen LogP contribution < -0.4 is 0 Å². The van der Waals surface area contributed by atoms with Crippen molar-refractivity contribution in [1.82, 2.24) is 9.47 Å². The molecule has 0 radical (unpaired) electrons. The van der Waals surface area contributed by atoms with Crippen molar-refractivity contribution in [2.75, 3.05) is 13.6 Å². The van der Waals surface area contributed by atoms with Gasteiger partial charge in [0.1, 0.15) is 6.54 Å². The Morgan fingerprint density at radius 1 is 1.53 bits per heavy atom. The normalized spacial score (nSPS) is 12.5. The molecule has 1 amide bonds. The highest BCUT2D eigenvalue weighted by Gasteiger charge is 2.10.